The van der Waals surface area contributed by atoms with E-state index >= 15 is 0 Å². The molecule has 0 aliphatic carbocycles. The van der Waals surface area contributed by atoms with Gasteiger partial charge in [-0.3, -0.25) is 0 Å². The van der Waals surface area contributed by atoms with Crippen molar-refractivity contribution in [3.8, 4) is 10.1 Å². The summed E-state index contributed by atoms with van der Waals surface area (Å²) >= 11 is 2.52. The lowest BCUT2D eigenvalue weighted by molar-refractivity contribution is 0.424. The third kappa shape index (κ3) is 2.85. The average Bonchev–Trinajstić information content (AvgIpc) is 2.76. The molecule has 0 saturated carbocycles. The van der Waals surface area contributed by atoms with Gasteiger partial charge in [0, 0.05) is 38.8 Å². The number of nitrogens with two attached hydrogens (primary N) is 2. The SMILES string of the molecule is Nc1csc(O[P+](=O)Oc2cc(N)cs2)c1. The van der Waals surface area contributed by atoms with Crippen molar-refractivity contribution in [2.75, 3.05) is 11.5 Å². The van der Waals surface area contributed by atoms with E-state index in [1.807, 2.05) is 0 Å². The van der Waals surface area contributed by atoms with Gasteiger partial charge in [0.1, 0.15) is 0 Å². The van der Waals surface area contributed by atoms with Gasteiger partial charge in [0.05, 0.1) is 0 Å². The van der Waals surface area contributed by atoms with Crippen LogP contribution in [0.3, 0.4) is 0 Å². The minimum Gasteiger partial charge on any atom is -0.398 e. The van der Waals surface area contributed by atoms with Crippen molar-refractivity contribution in [2.45, 2.75) is 0 Å². The third-order valence-corrected chi connectivity index (χ3v) is 4.11. The monoisotopic (exact) mass is 275 g/mol. The van der Waals surface area contributed by atoms with Gasteiger partial charge in [-0.15, -0.1) is 0 Å². The molecule has 2 heterocycles. The van der Waals surface area contributed by atoms with Crippen LogP contribution in [0.4, 0.5) is 11.4 Å². The average molecular weight is 275 g/mol. The number of rotatable bonds is 4. The van der Waals surface area contributed by atoms with Crippen LogP contribution in [0.5, 0.6) is 10.1 Å². The van der Waals surface area contributed by atoms with Crippen molar-refractivity contribution < 1.29 is 13.6 Å². The Balaban J connectivity index is 1.94. The quantitative estimate of drug-likeness (QED) is 0.837. The summed E-state index contributed by atoms with van der Waals surface area (Å²) in [4.78, 5) is 0. The van der Waals surface area contributed by atoms with Crippen molar-refractivity contribution in [1.29, 1.82) is 0 Å². The fourth-order valence-corrected chi connectivity index (χ4v) is 3.12. The lowest BCUT2D eigenvalue weighted by Crippen LogP contribution is -1.85. The lowest BCUT2D eigenvalue weighted by atomic mass is 10.6. The number of nitrogen functional groups attached to an aromatic ring is 2. The van der Waals surface area contributed by atoms with E-state index in [1.165, 1.54) is 22.7 Å². The Morgan fingerprint density at radius 2 is 1.44 bits per heavy atom. The lowest BCUT2D eigenvalue weighted by Gasteiger charge is -1.86. The first-order chi connectivity index (χ1) is 7.63. The van der Waals surface area contributed by atoms with E-state index in [0.717, 1.165) is 0 Å². The molecule has 0 amide bonds. The van der Waals surface area contributed by atoms with Gasteiger partial charge in [0.2, 0.25) is 10.1 Å². The van der Waals surface area contributed by atoms with Gasteiger partial charge in [-0.2, -0.15) is 0 Å². The molecule has 2 aromatic heterocycles. The van der Waals surface area contributed by atoms with E-state index < -0.39 is 8.25 Å². The molecule has 0 spiro atoms. The van der Waals surface area contributed by atoms with Crippen LogP contribution in [0.25, 0.3) is 0 Å². The number of hydrogen-bond donors (Lipinski definition) is 2. The Morgan fingerprint density at radius 1 is 1.00 bits per heavy atom. The first-order valence-corrected chi connectivity index (χ1v) is 7.00. The Hall–Kier alpha value is -1.30. The summed E-state index contributed by atoms with van der Waals surface area (Å²) in [6, 6.07) is 3.17. The molecule has 84 valence electrons. The minimum absolute atomic E-state index is 0.461. The Morgan fingerprint density at radius 3 is 1.75 bits per heavy atom. The molecule has 0 atom stereocenters. The van der Waals surface area contributed by atoms with Crippen LogP contribution in [-0.2, 0) is 4.57 Å². The molecule has 0 aliphatic rings. The van der Waals surface area contributed by atoms with Crippen LogP contribution in [0.15, 0.2) is 22.9 Å². The summed E-state index contributed by atoms with van der Waals surface area (Å²) in [5.41, 5.74) is 12.1. The predicted molar refractivity (Wildman–Crippen MR) is 66.3 cm³/mol. The van der Waals surface area contributed by atoms with E-state index in [0.29, 0.717) is 21.5 Å². The molecule has 0 radical (unpaired) electrons. The predicted octanol–water partition coefficient (Wildman–Crippen LogP) is 3.09. The number of thiophene rings is 2. The second kappa shape index (κ2) is 4.69. The Labute approximate surface area is 101 Å². The normalized spacial score (nSPS) is 10.0. The van der Waals surface area contributed by atoms with Crippen molar-refractivity contribution in [2.24, 2.45) is 0 Å². The highest BCUT2D eigenvalue weighted by molar-refractivity contribution is 7.35. The standard InChI is InChI=1S/C8H8N2O3PS2/c9-5-1-7(15-3-5)12-14(11)13-8-2-6(10)4-16-8/h1-4H,9-10H2/q+1. The van der Waals surface area contributed by atoms with Crippen LogP contribution in [0.1, 0.15) is 0 Å². The molecule has 0 fully saturated rings. The highest BCUT2D eigenvalue weighted by Crippen LogP contribution is 2.37. The zero-order valence-corrected chi connectivity index (χ0v) is 10.5. The molecule has 0 saturated heterocycles. The second-order valence-electron chi connectivity index (χ2n) is 2.80. The van der Waals surface area contributed by atoms with Crippen LogP contribution >= 0.6 is 30.9 Å². The van der Waals surface area contributed by atoms with Gasteiger partial charge < -0.3 is 11.5 Å². The topological polar surface area (TPSA) is 87.6 Å². The molecule has 5 nitrogen and oxygen atoms in total. The Kier molecular flexibility index (Phi) is 3.28. The second-order valence-corrected chi connectivity index (χ2v) is 5.36. The van der Waals surface area contributed by atoms with Gasteiger partial charge in [0.25, 0.3) is 0 Å². The maximum atomic E-state index is 11.4. The molecule has 2 rings (SSSR count). The largest absolute Gasteiger partial charge is 0.807 e. The molecule has 16 heavy (non-hydrogen) atoms. The maximum Gasteiger partial charge on any atom is 0.807 e. The molecule has 2 aromatic rings. The summed E-state index contributed by atoms with van der Waals surface area (Å²) in [5, 5.41) is 4.31. The van der Waals surface area contributed by atoms with Crippen LogP contribution < -0.4 is 20.5 Å². The van der Waals surface area contributed by atoms with Crippen molar-refractivity contribution in [1.82, 2.24) is 0 Å². The first kappa shape index (κ1) is 11.2. The maximum absolute atomic E-state index is 11.4. The molecular formula is C8H8N2O3PS2+. The molecule has 8 heteroatoms. The fourth-order valence-electron chi connectivity index (χ4n) is 0.922. The summed E-state index contributed by atoms with van der Waals surface area (Å²) in [6.45, 7) is 0. The van der Waals surface area contributed by atoms with E-state index in [-0.39, 0.29) is 0 Å². The molecule has 0 aliphatic heterocycles. The Bertz CT molecular complexity index is 467. The minimum atomic E-state index is -2.25. The highest BCUT2D eigenvalue weighted by atomic mass is 32.1. The molecule has 4 N–H and O–H groups in total. The molecular weight excluding hydrogens is 267 g/mol. The smallest absolute Gasteiger partial charge is 0.398 e. The molecule has 0 aromatic carbocycles. The number of hydrogen-bond acceptors (Lipinski definition) is 7. The van der Waals surface area contributed by atoms with E-state index in [4.69, 9.17) is 20.5 Å². The first-order valence-electron chi connectivity index (χ1n) is 4.15. The summed E-state index contributed by atoms with van der Waals surface area (Å²) in [5.74, 6) is 0. The zero-order chi connectivity index (χ0) is 11.5. The van der Waals surface area contributed by atoms with Crippen LogP contribution in [-0.4, -0.2) is 0 Å². The molecule has 0 unspecified atom stereocenters. The van der Waals surface area contributed by atoms with Crippen LogP contribution in [0.2, 0.25) is 0 Å². The third-order valence-electron chi connectivity index (χ3n) is 1.52. The zero-order valence-electron chi connectivity index (χ0n) is 7.95. The van der Waals surface area contributed by atoms with Gasteiger partial charge in [0.15, 0.2) is 0 Å². The van der Waals surface area contributed by atoms with Crippen LogP contribution in [0, 0.1) is 0 Å². The fraction of sp³-hybridized carbons (Fsp3) is 0. The van der Waals surface area contributed by atoms with Gasteiger partial charge in [-0.05, 0) is 0 Å². The van der Waals surface area contributed by atoms with E-state index in [9.17, 15) is 4.57 Å². The van der Waals surface area contributed by atoms with Crippen molar-refractivity contribution >= 4 is 42.3 Å². The van der Waals surface area contributed by atoms with Gasteiger partial charge in [-0.25, -0.2) is 9.05 Å². The van der Waals surface area contributed by atoms with Crippen molar-refractivity contribution in [3.63, 3.8) is 0 Å². The van der Waals surface area contributed by atoms with E-state index in [1.54, 1.807) is 22.9 Å². The van der Waals surface area contributed by atoms with Gasteiger partial charge in [-0.1, -0.05) is 22.7 Å². The number of anilines is 2. The summed E-state index contributed by atoms with van der Waals surface area (Å²) < 4.78 is 21.5. The molecule has 0 bridgehead atoms. The summed E-state index contributed by atoms with van der Waals surface area (Å²) in [6.07, 6.45) is 0. The van der Waals surface area contributed by atoms with Gasteiger partial charge >= 0.3 is 8.25 Å². The van der Waals surface area contributed by atoms with E-state index in [2.05, 4.69) is 0 Å². The highest BCUT2D eigenvalue weighted by Gasteiger charge is 2.26. The summed E-state index contributed by atoms with van der Waals surface area (Å²) in [7, 11) is -2.25. The van der Waals surface area contributed by atoms with Crippen molar-refractivity contribution in [3.05, 3.63) is 22.9 Å².